The molecule has 6 aliphatic heterocycles. The molecule has 87 heavy (non-hydrogen) atoms. The van der Waals surface area contributed by atoms with Crippen molar-refractivity contribution in [2.24, 2.45) is 5.92 Å². The maximum absolute atomic E-state index is 14.3. The fraction of sp³-hybridized carbons (Fsp3) is 0.463. The zero-order chi connectivity index (χ0) is 60.5. The highest BCUT2D eigenvalue weighted by molar-refractivity contribution is 5.98. The topological polar surface area (TPSA) is 178 Å². The van der Waals surface area contributed by atoms with Gasteiger partial charge in [0.1, 0.15) is 24.9 Å². The molecule has 8 heterocycles. The van der Waals surface area contributed by atoms with E-state index in [9.17, 15) is 28.9 Å². The normalized spacial score (nSPS) is 21.8. The van der Waals surface area contributed by atoms with Crippen LogP contribution in [0.25, 0.3) is 21.5 Å². The molecule has 20 heteroatoms. The third-order valence-electron chi connectivity index (χ3n) is 18.9. The number of benzene rings is 4. The van der Waals surface area contributed by atoms with E-state index in [0.717, 1.165) is 89.8 Å². The molecular formula is C67H76F2N14O4. The van der Waals surface area contributed by atoms with Crippen LogP contribution in [0, 0.1) is 42.4 Å². The van der Waals surface area contributed by atoms with Crippen molar-refractivity contribution >= 4 is 56.4 Å². The Labute approximate surface area is 507 Å². The first-order valence-corrected chi connectivity index (χ1v) is 30.7. The largest absolute Gasteiger partial charge is 0.463 e. The number of nitriles is 2. The fourth-order valence-corrected chi connectivity index (χ4v) is 14.4. The minimum atomic E-state index is -1.04. The van der Waals surface area contributed by atoms with E-state index in [-0.39, 0.29) is 49.3 Å². The summed E-state index contributed by atoms with van der Waals surface area (Å²) in [4.78, 5) is 63.8. The molecular weight excluding hydrogens is 1100 g/mol. The quantitative estimate of drug-likeness (QED) is 0.0840. The van der Waals surface area contributed by atoms with Crippen molar-refractivity contribution in [2.75, 3.05) is 119 Å². The van der Waals surface area contributed by atoms with Gasteiger partial charge in [-0.2, -0.15) is 30.5 Å². The summed E-state index contributed by atoms with van der Waals surface area (Å²) in [5, 5.41) is 24.5. The van der Waals surface area contributed by atoms with E-state index in [1.165, 1.54) is 49.9 Å². The number of nitrogens with zero attached hydrogens (tertiary/aromatic N) is 14. The number of rotatable bonds is 16. The highest BCUT2D eigenvalue weighted by Crippen LogP contribution is 2.43. The number of hydrogen-bond acceptors (Lipinski definition) is 16. The number of aromatic nitrogens is 4. The zero-order valence-electron chi connectivity index (χ0n) is 50.3. The van der Waals surface area contributed by atoms with Crippen molar-refractivity contribution in [3.63, 3.8) is 0 Å². The van der Waals surface area contributed by atoms with E-state index in [1.807, 2.05) is 0 Å². The number of carbonyl (C=O) groups excluding carboxylic acids is 2. The first-order valence-electron chi connectivity index (χ1n) is 30.7. The second-order valence-electron chi connectivity index (χ2n) is 24.4. The van der Waals surface area contributed by atoms with E-state index in [4.69, 9.17) is 29.4 Å². The number of ether oxygens (including phenoxy) is 2. The van der Waals surface area contributed by atoms with Crippen molar-refractivity contribution < 1.29 is 27.8 Å². The second-order valence-corrected chi connectivity index (χ2v) is 24.4. The molecule has 0 N–H and O–H groups in total. The van der Waals surface area contributed by atoms with Crippen LogP contribution >= 0.6 is 0 Å². The number of halogens is 2. The van der Waals surface area contributed by atoms with Crippen LogP contribution in [-0.2, 0) is 35.5 Å². The van der Waals surface area contributed by atoms with Gasteiger partial charge in [-0.15, -0.1) is 0 Å². The summed E-state index contributed by atoms with van der Waals surface area (Å²) >= 11 is 0. The Morgan fingerprint density at radius 2 is 1.26 bits per heavy atom. The smallest absolute Gasteiger partial charge is 0.318 e. The van der Waals surface area contributed by atoms with Crippen LogP contribution in [0.5, 0.6) is 12.0 Å². The van der Waals surface area contributed by atoms with Gasteiger partial charge in [0.05, 0.1) is 68.1 Å². The molecule has 0 saturated carbocycles. The monoisotopic (exact) mass is 1180 g/mol. The zero-order valence-corrected chi connectivity index (χ0v) is 50.3. The molecule has 2 aromatic heterocycles. The summed E-state index contributed by atoms with van der Waals surface area (Å²) in [5.41, 5.74) is 9.66. The lowest BCUT2D eigenvalue weighted by Gasteiger charge is -2.42. The lowest BCUT2D eigenvalue weighted by Crippen LogP contribution is -2.55. The first-order chi connectivity index (χ1) is 42.3. The Morgan fingerprint density at radius 1 is 0.678 bits per heavy atom. The van der Waals surface area contributed by atoms with Gasteiger partial charge in [-0.3, -0.25) is 14.5 Å². The van der Waals surface area contributed by atoms with Gasteiger partial charge in [0.25, 0.3) is 5.91 Å². The van der Waals surface area contributed by atoms with E-state index in [0.29, 0.717) is 84.4 Å². The number of anilines is 4. The molecule has 1 unspecified atom stereocenters. The molecule has 4 aromatic carbocycles. The summed E-state index contributed by atoms with van der Waals surface area (Å²) in [6, 6.07) is 28.5. The van der Waals surface area contributed by atoms with E-state index < -0.39 is 30.5 Å². The van der Waals surface area contributed by atoms with Gasteiger partial charge in [0, 0.05) is 116 Å². The molecule has 0 aliphatic carbocycles. The third kappa shape index (κ3) is 12.1. The van der Waals surface area contributed by atoms with Crippen molar-refractivity contribution in [1.29, 1.82) is 10.5 Å². The number of fused-ring (bicyclic) bond motifs is 4. The number of hydrogen-bond donors (Lipinski definition) is 0. The van der Waals surface area contributed by atoms with Gasteiger partial charge in [0.2, 0.25) is 5.91 Å². The molecule has 2 amide bonds. The molecule has 4 saturated heterocycles. The van der Waals surface area contributed by atoms with Gasteiger partial charge < -0.3 is 43.8 Å². The van der Waals surface area contributed by atoms with E-state index in [1.54, 1.807) is 4.90 Å². The van der Waals surface area contributed by atoms with Crippen LogP contribution < -0.4 is 29.1 Å². The molecule has 0 spiro atoms. The first kappa shape index (κ1) is 58.9. The molecule has 12 rings (SSSR count). The van der Waals surface area contributed by atoms with Crippen LogP contribution in [-0.4, -0.2) is 169 Å². The van der Waals surface area contributed by atoms with Crippen LogP contribution in [0.4, 0.5) is 31.8 Å². The molecule has 0 bridgehead atoms. The maximum atomic E-state index is 14.3. The van der Waals surface area contributed by atoms with Gasteiger partial charge in [0.15, 0.2) is 5.83 Å². The Morgan fingerprint density at radius 3 is 1.87 bits per heavy atom. The van der Waals surface area contributed by atoms with Crippen LogP contribution in [0.1, 0.15) is 77.4 Å². The standard InChI is InChI=1S/C67H76F2N14O4/c1-43-11-6-13-47-14-8-17-57(61(43)47)78-27-21-53-55(39-78)72-66(74-63(53)81-30-32-83(65(85)45(3)69)51(38-81)20-25-71)86-41-46-33-58(77(5)36-46)49-34-48-15-7-12-44(2)62(48)59(35-49)79-28-22-54-56(40-79)73-67(87-42-52-16-10-26-76(52)4)75-64(54)80-29-31-82(50(37-80)19-24-70)60(84)18-9-23-68/h6-9,11-15,17-18,34-35,46,50-52,58H,3,10,16,19-23,26-33,36-42H2,1-2,4-5H3/b18-9+/t46-,50+,51+,52-,58?/m1/s1. The number of carbonyl (C=O) groups is 2. The minimum absolute atomic E-state index is 0.0337. The number of likely N-dealkylation sites (N-methyl/N-ethyl adjacent to an activating group) is 1. The van der Waals surface area contributed by atoms with Gasteiger partial charge in [-0.25, -0.2) is 8.78 Å². The average molecular weight is 1180 g/mol. The molecule has 6 aliphatic rings. The Kier molecular flexibility index (Phi) is 17.2. The number of allylic oxidation sites excluding steroid dienone is 1. The number of likely N-dealkylation sites (tertiary alicyclic amines) is 2. The third-order valence-corrected chi connectivity index (χ3v) is 18.9. The predicted octanol–water partition coefficient (Wildman–Crippen LogP) is 8.73. The van der Waals surface area contributed by atoms with Crippen molar-refractivity contribution in [1.82, 2.24) is 39.5 Å². The molecule has 452 valence electrons. The fourth-order valence-electron chi connectivity index (χ4n) is 14.4. The molecule has 5 atom stereocenters. The van der Waals surface area contributed by atoms with Crippen molar-refractivity contribution in [3.8, 4) is 24.2 Å². The van der Waals surface area contributed by atoms with Gasteiger partial charge in [-0.05, 0) is 118 Å². The van der Waals surface area contributed by atoms with Gasteiger partial charge in [-0.1, -0.05) is 55.1 Å². The summed E-state index contributed by atoms with van der Waals surface area (Å²) in [5.74, 6) is -0.496. The van der Waals surface area contributed by atoms with Crippen molar-refractivity contribution in [2.45, 2.75) is 96.1 Å². The summed E-state index contributed by atoms with van der Waals surface area (Å²) in [6.07, 6.45) is 6.94. The maximum Gasteiger partial charge on any atom is 0.318 e. The van der Waals surface area contributed by atoms with Crippen molar-refractivity contribution in [3.05, 3.63) is 130 Å². The lowest BCUT2D eigenvalue weighted by molar-refractivity contribution is -0.131. The van der Waals surface area contributed by atoms with E-state index >= 15 is 0 Å². The molecule has 18 nitrogen and oxygen atoms in total. The number of amides is 2. The predicted molar refractivity (Wildman–Crippen MR) is 332 cm³/mol. The van der Waals surface area contributed by atoms with Gasteiger partial charge >= 0.3 is 12.0 Å². The van der Waals surface area contributed by atoms with Crippen LogP contribution in [0.15, 0.2) is 91.3 Å². The number of aryl methyl sites for hydroxylation is 2. The summed E-state index contributed by atoms with van der Waals surface area (Å²) in [6.45, 7) is 14.1. The summed E-state index contributed by atoms with van der Waals surface area (Å²) < 4.78 is 40.7. The summed E-state index contributed by atoms with van der Waals surface area (Å²) in [7, 11) is 4.30. The SMILES string of the molecule is C=C(F)C(=O)N1CCN(c2nc(OC[C@@H]3CC(c4cc(N5CCc6c(nc(OC[C@H]7CCCN7C)nc6N6CCN(C(=O)/C=C/CF)[C@@H](CC#N)C6)C5)c5c(C)cccc5c4)N(C)C3)nc3c2CCN(c2cccc4cccc(C)c24)C3)C[C@@H]1CC#N. The molecule has 0 radical (unpaired) electrons. The highest BCUT2D eigenvalue weighted by atomic mass is 19.1. The molecule has 6 aromatic rings. The highest BCUT2D eigenvalue weighted by Gasteiger charge is 2.38. The second kappa shape index (κ2) is 25.5. The lowest BCUT2D eigenvalue weighted by atomic mass is 9.93. The van der Waals surface area contributed by atoms with Crippen LogP contribution in [0.3, 0.4) is 0 Å². The van der Waals surface area contributed by atoms with Crippen LogP contribution in [0.2, 0.25) is 0 Å². The van der Waals surface area contributed by atoms with E-state index in [2.05, 4.69) is 143 Å². The Bertz CT molecular complexity index is 3730. The number of piperazine rings is 2. The number of alkyl halides is 1. The Hall–Kier alpha value is -8.46. The average Bonchev–Trinajstić information content (AvgIpc) is 2.09. The Balaban J connectivity index is 0.815. The molecule has 4 fully saturated rings. The minimum Gasteiger partial charge on any atom is -0.463 e.